The number of hydrogen-bond donors (Lipinski definition) is 0. The summed E-state index contributed by atoms with van der Waals surface area (Å²) in [7, 11) is 0. The highest BCUT2D eigenvalue weighted by molar-refractivity contribution is 6.35. The van der Waals surface area contributed by atoms with E-state index in [2.05, 4.69) is 22.5 Å². The summed E-state index contributed by atoms with van der Waals surface area (Å²) in [5.74, 6) is 0.403. The molecule has 0 aliphatic rings. The minimum atomic E-state index is 0.403. The van der Waals surface area contributed by atoms with Crippen LogP contribution in [-0.2, 0) is 6.54 Å². The van der Waals surface area contributed by atoms with Gasteiger partial charge in [0.05, 0.1) is 6.33 Å². The average molecular weight is 311 g/mol. The third-order valence-corrected chi connectivity index (χ3v) is 4.11. The van der Waals surface area contributed by atoms with Crippen molar-refractivity contribution in [2.45, 2.75) is 45.1 Å². The zero-order chi connectivity index (χ0) is 14.4. The van der Waals surface area contributed by atoms with Crippen molar-refractivity contribution in [3.05, 3.63) is 52.5 Å². The minimum absolute atomic E-state index is 0.403. The number of unbranched alkanes of at least 4 members (excludes halogenated alkanes) is 2. The number of aromatic nitrogens is 2. The molecule has 4 heteroatoms. The Balaban J connectivity index is 2.15. The fraction of sp³-hybridized carbons (Fsp3) is 0.438. The number of benzene rings is 1. The molecule has 0 radical (unpaired) electrons. The Kier molecular flexibility index (Phi) is 5.93. The van der Waals surface area contributed by atoms with Crippen molar-refractivity contribution in [1.29, 1.82) is 0 Å². The zero-order valence-corrected chi connectivity index (χ0v) is 13.2. The van der Waals surface area contributed by atoms with Crippen LogP contribution < -0.4 is 0 Å². The summed E-state index contributed by atoms with van der Waals surface area (Å²) in [5.41, 5.74) is 1.18. The van der Waals surface area contributed by atoms with Gasteiger partial charge < -0.3 is 4.57 Å². The van der Waals surface area contributed by atoms with E-state index in [0.717, 1.165) is 18.0 Å². The van der Waals surface area contributed by atoms with Crippen LogP contribution in [0.3, 0.4) is 0 Å². The second-order valence-corrected chi connectivity index (χ2v) is 5.96. The molecule has 2 rings (SSSR count). The Morgan fingerprint density at radius 3 is 2.75 bits per heavy atom. The van der Waals surface area contributed by atoms with Gasteiger partial charge >= 0.3 is 0 Å². The van der Waals surface area contributed by atoms with E-state index in [1.54, 1.807) is 0 Å². The average Bonchev–Trinajstić information content (AvgIpc) is 2.91. The van der Waals surface area contributed by atoms with Crippen molar-refractivity contribution in [2.24, 2.45) is 0 Å². The Morgan fingerprint density at radius 2 is 2.10 bits per heavy atom. The summed E-state index contributed by atoms with van der Waals surface area (Å²) < 4.78 is 2.11. The standard InChI is InChI=1S/C16H20Cl2N2/c1-2-3-4-5-13(11-20-9-8-19-12-20)15-7-6-14(17)10-16(15)18/h6-10,12-13H,2-5,11H2,1H3/t13-/m1/s1. The van der Waals surface area contributed by atoms with Gasteiger partial charge in [0.1, 0.15) is 0 Å². The van der Waals surface area contributed by atoms with Gasteiger partial charge in [-0.3, -0.25) is 0 Å². The van der Waals surface area contributed by atoms with Crippen molar-refractivity contribution in [1.82, 2.24) is 9.55 Å². The molecule has 1 atom stereocenters. The number of imidazole rings is 1. The van der Waals surface area contributed by atoms with Crippen molar-refractivity contribution in [2.75, 3.05) is 0 Å². The molecule has 0 spiro atoms. The number of nitrogens with zero attached hydrogens (tertiary/aromatic N) is 2. The lowest BCUT2D eigenvalue weighted by atomic mass is 9.93. The number of rotatable bonds is 7. The SMILES string of the molecule is CCCCC[C@H](Cn1ccnc1)c1ccc(Cl)cc1Cl. The minimum Gasteiger partial charge on any atom is -0.337 e. The molecular formula is C16H20Cl2N2. The predicted octanol–water partition coefficient (Wildman–Crippen LogP) is 5.55. The molecule has 1 aromatic heterocycles. The molecule has 0 amide bonds. The second kappa shape index (κ2) is 7.70. The topological polar surface area (TPSA) is 17.8 Å². The van der Waals surface area contributed by atoms with Crippen molar-refractivity contribution >= 4 is 23.2 Å². The first kappa shape index (κ1) is 15.4. The van der Waals surface area contributed by atoms with Gasteiger partial charge in [0.2, 0.25) is 0 Å². The van der Waals surface area contributed by atoms with Gasteiger partial charge in [0, 0.05) is 34.9 Å². The molecule has 0 unspecified atom stereocenters. The van der Waals surface area contributed by atoms with Gasteiger partial charge in [0.15, 0.2) is 0 Å². The molecule has 20 heavy (non-hydrogen) atoms. The monoisotopic (exact) mass is 310 g/mol. The first-order valence-electron chi connectivity index (χ1n) is 7.11. The quantitative estimate of drug-likeness (QED) is 0.613. The van der Waals surface area contributed by atoms with Crippen LogP contribution in [0.4, 0.5) is 0 Å². The zero-order valence-electron chi connectivity index (χ0n) is 11.7. The smallest absolute Gasteiger partial charge is 0.0946 e. The number of halogens is 2. The van der Waals surface area contributed by atoms with Crippen molar-refractivity contribution < 1.29 is 0 Å². The molecular weight excluding hydrogens is 291 g/mol. The van der Waals surface area contributed by atoms with Crippen molar-refractivity contribution in [3.63, 3.8) is 0 Å². The molecule has 0 N–H and O–H groups in total. The molecule has 2 nitrogen and oxygen atoms in total. The van der Waals surface area contributed by atoms with Crippen LogP contribution in [-0.4, -0.2) is 9.55 Å². The van der Waals surface area contributed by atoms with E-state index in [-0.39, 0.29) is 0 Å². The Morgan fingerprint density at radius 1 is 1.25 bits per heavy atom. The normalized spacial score (nSPS) is 12.6. The van der Waals surface area contributed by atoms with Gasteiger partial charge in [-0.05, 0) is 24.1 Å². The largest absolute Gasteiger partial charge is 0.337 e. The van der Waals surface area contributed by atoms with E-state index in [1.165, 1.54) is 24.8 Å². The fourth-order valence-electron chi connectivity index (χ4n) is 2.47. The maximum atomic E-state index is 6.37. The van der Waals surface area contributed by atoms with Crippen LogP contribution in [0.1, 0.15) is 44.1 Å². The highest BCUT2D eigenvalue weighted by Gasteiger charge is 2.15. The Hall–Kier alpha value is -0.990. The van der Waals surface area contributed by atoms with Crippen LogP contribution in [0.15, 0.2) is 36.9 Å². The summed E-state index contributed by atoms with van der Waals surface area (Å²) in [6.45, 7) is 3.13. The van der Waals surface area contributed by atoms with E-state index >= 15 is 0 Å². The van der Waals surface area contributed by atoms with E-state index in [0.29, 0.717) is 10.9 Å². The molecule has 108 valence electrons. The first-order valence-corrected chi connectivity index (χ1v) is 7.87. The molecule has 1 heterocycles. The third kappa shape index (κ3) is 4.26. The molecule has 0 bridgehead atoms. The van der Waals surface area contributed by atoms with Gasteiger partial charge in [-0.2, -0.15) is 0 Å². The van der Waals surface area contributed by atoms with Gasteiger partial charge in [-0.15, -0.1) is 0 Å². The highest BCUT2D eigenvalue weighted by Crippen LogP contribution is 2.32. The lowest BCUT2D eigenvalue weighted by Gasteiger charge is -2.19. The molecule has 0 fully saturated rings. The molecule has 0 aliphatic heterocycles. The maximum Gasteiger partial charge on any atom is 0.0946 e. The molecule has 1 aromatic carbocycles. The lowest BCUT2D eigenvalue weighted by molar-refractivity contribution is 0.497. The van der Waals surface area contributed by atoms with Gasteiger partial charge in [-0.1, -0.05) is 55.5 Å². The van der Waals surface area contributed by atoms with Crippen molar-refractivity contribution in [3.8, 4) is 0 Å². The second-order valence-electron chi connectivity index (χ2n) is 5.12. The maximum absolute atomic E-state index is 6.37. The third-order valence-electron chi connectivity index (χ3n) is 3.55. The fourth-order valence-corrected chi connectivity index (χ4v) is 3.03. The van der Waals surface area contributed by atoms with E-state index in [4.69, 9.17) is 23.2 Å². The highest BCUT2D eigenvalue weighted by atomic mass is 35.5. The first-order chi connectivity index (χ1) is 9.70. The van der Waals surface area contributed by atoms with Crippen LogP contribution in [0.25, 0.3) is 0 Å². The van der Waals surface area contributed by atoms with Crippen LogP contribution in [0, 0.1) is 0 Å². The molecule has 2 aromatic rings. The summed E-state index contributed by atoms with van der Waals surface area (Å²) in [4.78, 5) is 4.11. The van der Waals surface area contributed by atoms with E-state index in [1.807, 2.05) is 30.9 Å². The van der Waals surface area contributed by atoms with Gasteiger partial charge in [0.25, 0.3) is 0 Å². The summed E-state index contributed by atoms with van der Waals surface area (Å²) >= 11 is 12.4. The Bertz CT molecular complexity index is 523. The van der Waals surface area contributed by atoms with Crippen LogP contribution in [0.2, 0.25) is 10.0 Å². The summed E-state index contributed by atoms with van der Waals surface area (Å²) in [6.07, 6.45) is 10.5. The van der Waals surface area contributed by atoms with E-state index < -0.39 is 0 Å². The summed E-state index contributed by atoms with van der Waals surface area (Å²) in [6, 6.07) is 5.81. The molecule has 0 saturated heterocycles. The van der Waals surface area contributed by atoms with E-state index in [9.17, 15) is 0 Å². The lowest BCUT2D eigenvalue weighted by Crippen LogP contribution is -2.09. The number of hydrogen-bond acceptors (Lipinski definition) is 1. The predicted molar refractivity (Wildman–Crippen MR) is 85.6 cm³/mol. The Labute approximate surface area is 130 Å². The van der Waals surface area contributed by atoms with Gasteiger partial charge in [-0.25, -0.2) is 4.98 Å². The van der Waals surface area contributed by atoms with Crippen LogP contribution in [0.5, 0.6) is 0 Å². The summed E-state index contributed by atoms with van der Waals surface area (Å²) in [5, 5.41) is 1.45. The molecule has 0 aliphatic carbocycles. The van der Waals surface area contributed by atoms with Crippen LogP contribution >= 0.6 is 23.2 Å². The molecule has 0 saturated carbocycles.